The molecular weight excluding hydrogens is 378 g/mol. The molecule has 0 saturated heterocycles. The molecule has 1 aromatic rings. The first-order valence-electron chi connectivity index (χ1n) is 3.38. The zero-order valence-corrected chi connectivity index (χ0v) is 10.4. The molecule has 0 aliphatic rings. The Labute approximate surface area is 100 Å². The maximum Gasteiger partial charge on any atom is 0.574 e. The van der Waals surface area contributed by atoms with Crippen LogP contribution >= 0.6 is 38.5 Å². The van der Waals surface area contributed by atoms with Gasteiger partial charge in [0.15, 0.2) is 0 Å². The zero-order chi connectivity index (χ0) is 10.8. The number of aromatic nitrogens is 1. The van der Waals surface area contributed by atoms with Crippen molar-refractivity contribution in [3.8, 4) is 5.88 Å². The van der Waals surface area contributed by atoms with Crippen LogP contribution in [0.15, 0.2) is 12.3 Å². The molecule has 0 aliphatic heterocycles. The van der Waals surface area contributed by atoms with Crippen LogP contribution in [0.3, 0.4) is 0 Å². The summed E-state index contributed by atoms with van der Waals surface area (Å²) in [5.41, 5.74) is 0.795. The number of halogens is 5. The lowest BCUT2D eigenvalue weighted by Gasteiger charge is -2.09. The Balaban J connectivity index is 2.89. The Morgan fingerprint density at radius 2 is 2.14 bits per heavy atom. The molecule has 0 saturated carbocycles. The number of nitrogens with zero attached hydrogens (tertiary/aromatic N) is 1. The lowest BCUT2D eigenvalue weighted by molar-refractivity contribution is -0.276. The minimum atomic E-state index is -4.69. The summed E-state index contributed by atoms with van der Waals surface area (Å²) in [6, 6.07) is 1.57. The Kier molecular flexibility index (Phi) is 3.99. The van der Waals surface area contributed by atoms with Gasteiger partial charge in [-0.1, -0.05) is 15.9 Å². The molecule has 1 heterocycles. The van der Waals surface area contributed by atoms with Crippen LogP contribution in [-0.2, 0) is 5.33 Å². The van der Waals surface area contributed by atoms with Gasteiger partial charge in [-0.25, -0.2) is 4.98 Å². The summed E-state index contributed by atoms with van der Waals surface area (Å²) in [5.74, 6) is -0.414. The third-order valence-corrected chi connectivity index (χ3v) is 2.65. The SMILES string of the molecule is FC(F)(F)Oc1ncc(CBr)cc1I. The predicted octanol–water partition coefficient (Wildman–Crippen LogP) is 3.48. The highest BCUT2D eigenvalue weighted by molar-refractivity contribution is 14.1. The molecule has 0 N–H and O–H groups in total. The highest BCUT2D eigenvalue weighted by Gasteiger charge is 2.32. The van der Waals surface area contributed by atoms with E-state index in [1.54, 1.807) is 28.7 Å². The first kappa shape index (κ1) is 12.0. The quantitative estimate of drug-likeness (QED) is 0.578. The lowest BCUT2D eigenvalue weighted by atomic mass is 10.3. The van der Waals surface area contributed by atoms with E-state index in [1.165, 1.54) is 6.20 Å². The minimum Gasteiger partial charge on any atom is -0.387 e. The lowest BCUT2D eigenvalue weighted by Crippen LogP contribution is -2.18. The molecule has 0 unspecified atom stereocenters. The number of hydrogen-bond acceptors (Lipinski definition) is 2. The summed E-state index contributed by atoms with van der Waals surface area (Å²) in [6.07, 6.45) is -3.36. The van der Waals surface area contributed by atoms with Gasteiger partial charge >= 0.3 is 6.36 Å². The molecule has 0 aliphatic carbocycles. The molecule has 0 amide bonds. The number of rotatable bonds is 2. The summed E-state index contributed by atoms with van der Waals surface area (Å²) >= 11 is 4.91. The van der Waals surface area contributed by atoms with Gasteiger partial charge in [0, 0.05) is 11.5 Å². The molecule has 78 valence electrons. The average molecular weight is 382 g/mol. The monoisotopic (exact) mass is 381 g/mol. The third-order valence-electron chi connectivity index (χ3n) is 1.23. The van der Waals surface area contributed by atoms with Crippen molar-refractivity contribution in [2.75, 3.05) is 0 Å². The Morgan fingerprint density at radius 3 is 2.57 bits per heavy atom. The second-order valence-electron chi connectivity index (χ2n) is 2.31. The molecule has 1 rings (SSSR count). The van der Waals surface area contributed by atoms with Crippen molar-refractivity contribution in [3.05, 3.63) is 21.4 Å². The van der Waals surface area contributed by atoms with Crippen LogP contribution in [0.4, 0.5) is 13.2 Å². The Bertz CT molecular complexity index is 331. The van der Waals surface area contributed by atoms with E-state index in [0.29, 0.717) is 8.90 Å². The summed E-state index contributed by atoms with van der Waals surface area (Å²) in [7, 11) is 0. The van der Waals surface area contributed by atoms with E-state index in [0.717, 1.165) is 5.56 Å². The fraction of sp³-hybridized carbons (Fsp3) is 0.286. The van der Waals surface area contributed by atoms with Crippen LogP contribution in [0, 0.1) is 3.57 Å². The van der Waals surface area contributed by atoms with Crippen LogP contribution in [0.1, 0.15) is 5.56 Å². The van der Waals surface area contributed by atoms with Gasteiger partial charge in [0.1, 0.15) is 0 Å². The first-order valence-corrected chi connectivity index (χ1v) is 5.58. The van der Waals surface area contributed by atoms with Crippen molar-refractivity contribution in [1.29, 1.82) is 0 Å². The van der Waals surface area contributed by atoms with Crippen LogP contribution in [-0.4, -0.2) is 11.3 Å². The number of alkyl halides is 4. The molecule has 0 bridgehead atoms. The Morgan fingerprint density at radius 1 is 1.50 bits per heavy atom. The van der Waals surface area contributed by atoms with E-state index < -0.39 is 12.2 Å². The fourth-order valence-corrected chi connectivity index (χ4v) is 1.68. The molecule has 0 fully saturated rings. The van der Waals surface area contributed by atoms with Crippen molar-refractivity contribution in [1.82, 2.24) is 4.98 Å². The highest BCUT2D eigenvalue weighted by atomic mass is 127. The molecular formula is C7H4BrF3INO. The number of ether oxygens (including phenoxy) is 1. The maximum atomic E-state index is 11.8. The molecule has 14 heavy (non-hydrogen) atoms. The van der Waals surface area contributed by atoms with Crippen molar-refractivity contribution in [2.45, 2.75) is 11.7 Å². The summed E-state index contributed by atoms with van der Waals surface area (Å²) in [6.45, 7) is 0. The van der Waals surface area contributed by atoms with Gasteiger partial charge in [-0.15, -0.1) is 13.2 Å². The van der Waals surface area contributed by atoms with Gasteiger partial charge in [-0.05, 0) is 34.2 Å². The van der Waals surface area contributed by atoms with Crippen molar-refractivity contribution >= 4 is 38.5 Å². The summed E-state index contributed by atoms with van der Waals surface area (Å²) in [4.78, 5) is 3.55. The van der Waals surface area contributed by atoms with Crippen molar-refractivity contribution < 1.29 is 17.9 Å². The zero-order valence-electron chi connectivity index (χ0n) is 6.61. The van der Waals surface area contributed by atoms with Crippen molar-refractivity contribution in [3.63, 3.8) is 0 Å². The van der Waals surface area contributed by atoms with E-state index in [4.69, 9.17) is 0 Å². The molecule has 0 aromatic carbocycles. The van der Waals surface area contributed by atoms with Crippen LogP contribution in [0.5, 0.6) is 5.88 Å². The molecule has 0 atom stereocenters. The second-order valence-corrected chi connectivity index (χ2v) is 4.03. The molecule has 0 spiro atoms. The fourth-order valence-electron chi connectivity index (χ4n) is 0.723. The standard InChI is InChI=1S/C7H4BrF3INO/c8-2-4-1-5(12)6(13-3-4)14-7(9,10)11/h1,3H,2H2. The third kappa shape index (κ3) is 3.60. The summed E-state index contributed by atoms with van der Waals surface area (Å²) < 4.78 is 39.5. The topological polar surface area (TPSA) is 22.1 Å². The van der Waals surface area contributed by atoms with E-state index in [-0.39, 0.29) is 0 Å². The van der Waals surface area contributed by atoms with Crippen molar-refractivity contribution in [2.24, 2.45) is 0 Å². The van der Waals surface area contributed by atoms with E-state index in [9.17, 15) is 13.2 Å². The maximum absolute atomic E-state index is 11.8. The molecule has 2 nitrogen and oxygen atoms in total. The number of hydrogen-bond donors (Lipinski definition) is 0. The highest BCUT2D eigenvalue weighted by Crippen LogP contribution is 2.26. The van der Waals surface area contributed by atoms with Gasteiger partial charge < -0.3 is 4.74 Å². The van der Waals surface area contributed by atoms with Crippen LogP contribution in [0.25, 0.3) is 0 Å². The van der Waals surface area contributed by atoms with Gasteiger partial charge in [0.25, 0.3) is 0 Å². The van der Waals surface area contributed by atoms with E-state index >= 15 is 0 Å². The smallest absolute Gasteiger partial charge is 0.387 e. The van der Waals surface area contributed by atoms with Gasteiger partial charge in [-0.2, -0.15) is 0 Å². The normalized spacial score (nSPS) is 11.5. The summed E-state index contributed by atoms with van der Waals surface area (Å²) in [5, 5.41) is 0.544. The Hall–Kier alpha value is -0.0500. The van der Waals surface area contributed by atoms with E-state index in [2.05, 4.69) is 25.7 Å². The average Bonchev–Trinajstić information content (AvgIpc) is 2.06. The first-order chi connectivity index (χ1) is 6.42. The van der Waals surface area contributed by atoms with Gasteiger partial charge in [0.05, 0.1) is 3.57 Å². The molecule has 1 aromatic heterocycles. The van der Waals surface area contributed by atoms with E-state index in [1.807, 2.05) is 0 Å². The second kappa shape index (κ2) is 4.65. The predicted molar refractivity (Wildman–Crippen MR) is 56.3 cm³/mol. The molecule has 0 radical (unpaired) electrons. The van der Waals surface area contributed by atoms with Crippen LogP contribution in [0.2, 0.25) is 0 Å². The van der Waals surface area contributed by atoms with Crippen LogP contribution < -0.4 is 4.74 Å². The van der Waals surface area contributed by atoms with Gasteiger partial charge in [0.2, 0.25) is 5.88 Å². The largest absolute Gasteiger partial charge is 0.574 e. The molecule has 7 heteroatoms. The number of pyridine rings is 1. The minimum absolute atomic E-state index is 0.330. The van der Waals surface area contributed by atoms with Gasteiger partial charge in [-0.3, -0.25) is 0 Å².